The Hall–Kier alpha value is -3.44. The molecule has 0 aliphatic carbocycles. The maximum atomic E-state index is 13.3. The lowest BCUT2D eigenvalue weighted by Gasteiger charge is -2.27. The molecule has 5 nitrogen and oxygen atoms in total. The molecule has 0 unspecified atom stereocenters. The van der Waals surface area contributed by atoms with E-state index < -0.39 is 0 Å². The number of amides is 1. The first-order valence-electron chi connectivity index (χ1n) is 9.83. The molecule has 148 valence electrons. The molecule has 0 radical (unpaired) electrons. The van der Waals surface area contributed by atoms with Crippen molar-refractivity contribution in [3.63, 3.8) is 0 Å². The van der Waals surface area contributed by atoms with Gasteiger partial charge < -0.3 is 4.90 Å². The highest BCUT2D eigenvalue weighted by Gasteiger charge is 2.26. The molecule has 6 heteroatoms. The van der Waals surface area contributed by atoms with Crippen LogP contribution >= 0.6 is 11.6 Å². The summed E-state index contributed by atoms with van der Waals surface area (Å²) in [5.74, 6) is 0.663. The van der Waals surface area contributed by atoms with Crippen molar-refractivity contribution in [1.29, 1.82) is 0 Å². The Morgan fingerprint density at radius 3 is 2.33 bits per heavy atom. The van der Waals surface area contributed by atoms with Crippen molar-refractivity contribution in [3.8, 4) is 17.1 Å². The smallest absolute Gasteiger partial charge is 0.293 e. The van der Waals surface area contributed by atoms with Gasteiger partial charge >= 0.3 is 0 Å². The van der Waals surface area contributed by atoms with E-state index in [2.05, 4.69) is 22.2 Å². The number of hydrogen-bond donors (Lipinski definition) is 0. The lowest BCUT2D eigenvalue weighted by molar-refractivity contribution is 0.0722. The van der Waals surface area contributed by atoms with Crippen LogP contribution in [0.2, 0.25) is 5.02 Å². The van der Waals surface area contributed by atoms with Crippen LogP contribution < -0.4 is 0 Å². The quantitative estimate of drug-likeness (QED) is 0.484. The molecule has 0 N–H and O–H groups in total. The number of halogens is 1. The molecule has 30 heavy (non-hydrogen) atoms. The summed E-state index contributed by atoms with van der Waals surface area (Å²) in [7, 11) is 0. The van der Waals surface area contributed by atoms with Crippen LogP contribution in [0, 0.1) is 0 Å². The third-order valence-corrected chi connectivity index (χ3v) is 5.57. The topological polar surface area (TPSA) is 51.0 Å². The largest absolute Gasteiger partial charge is 0.331 e. The minimum Gasteiger partial charge on any atom is -0.331 e. The standard InChI is InChI=1S/C24H19ClN4O/c25-20-10-12-21(13-11-20)29-23(18-7-2-1-3-8-18)26-22(27-29)24(30)28-15-14-17-6-4-5-9-19(17)16-28/h1-13H,14-16H2. The summed E-state index contributed by atoms with van der Waals surface area (Å²) in [6, 6.07) is 25.3. The first-order chi connectivity index (χ1) is 14.7. The first-order valence-corrected chi connectivity index (χ1v) is 10.2. The molecule has 0 saturated carbocycles. The maximum absolute atomic E-state index is 13.3. The molecule has 1 aliphatic heterocycles. The number of hydrogen-bond acceptors (Lipinski definition) is 3. The Balaban J connectivity index is 1.53. The van der Waals surface area contributed by atoms with Crippen molar-refractivity contribution in [2.75, 3.05) is 6.54 Å². The molecule has 0 fully saturated rings. The summed E-state index contributed by atoms with van der Waals surface area (Å²) in [4.78, 5) is 19.7. The van der Waals surface area contributed by atoms with Gasteiger partial charge in [0.1, 0.15) is 0 Å². The molecule has 0 spiro atoms. The predicted octanol–water partition coefficient (Wildman–Crippen LogP) is 4.79. The third-order valence-electron chi connectivity index (χ3n) is 5.32. The van der Waals surface area contributed by atoms with Gasteiger partial charge in [-0.2, -0.15) is 0 Å². The Bertz CT molecular complexity index is 1200. The minimum atomic E-state index is -0.158. The molecule has 5 rings (SSSR count). The van der Waals surface area contributed by atoms with E-state index in [9.17, 15) is 4.79 Å². The van der Waals surface area contributed by atoms with Crippen LogP contribution in [0.4, 0.5) is 0 Å². The van der Waals surface area contributed by atoms with Crippen molar-refractivity contribution in [3.05, 3.63) is 101 Å². The Morgan fingerprint density at radius 1 is 0.867 bits per heavy atom. The number of nitrogens with zero attached hydrogens (tertiary/aromatic N) is 4. The van der Waals surface area contributed by atoms with Crippen LogP contribution in [0.5, 0.6) is 0 Å². The summed E-state index contributed by atoms with van der Waals surface area (Å²) in [5.41, 5.74) is 4.17. The molecule has 0 bridgehead atoms. The van der Waals surface area contributed by atoms with Gasteiger partial charge in [-0.3, -0.25) is 4.79 Å². The minimum absolute atomic E-state index is 0.158. The van der Waals surface area contributed by atoms with Gasteiger partial charge in [-0.15, -0.1) is 5.10 Å². The number of fused-ring (bicyclic) bond motifs is 1. The highest BCUT2D eigenvalue weighted by molar-refractivity contribution is 6.30. The molecule has 4 aromatic rings. The van der Waals surface area contributed by atoms with E-state index >= 15 is 0 Å². The number of carbonyl (C=O) groups excluding carboxylic acids is 1. The molecule has 1 aromatic heterocycles. The van der Waals surface area contributed by atoms with Gasteiger partial charge in [0, 0.05) is 23.7 Å². The van der Waals surface area contributed by atoms with Crippen LogP contribution in [0.15, 0.2) is 78.9 Å². The maximum Gasteiger partial charge on any atom is 0.293 e. The van der Waals surface area contributed by atoms with Crippen LogP contribution in [0.3, 0.4) is 0 Å². The van der Waals surface area contributed by atoms with Crippen LogP contribution in [-0.4, -0.2) is 32.1 Å². The normalized spacial score (nSPS) is 13.2. The van der Waals surface area contributed by atoms with Gasteiger partial charge in [0.25, 0.3) is 5.91 Å². The average molecular weight is 415 g/mol. The van der Waals surface area contributed by atoms with Crippen molar-refractivity contribution in [2.24, 2.45) is 0 Å². The summed E-state index contributed by atoms with van der Waals surface area (Å²) >= 11 is 6.05. The van der Waals surface area contributed by atoms with Crippen molar-refractivity contribution < 1.29 is 4.79 Å². The zero-order chi connectivity index (χ0) is 20.5. The van der Waals surface area contributed by atoms with E-state index in [0.717, 1.165) is 17.7 Å². The van der Waals surface area contributed by atoms with Crippen molar-refractivity contribution in [2.45, 2.75) is 13.0 Å². The van der Waals surface area contributed by atoms with Gasteiger partial charge in [0.05, 0.1) is 5.69 Å². The Morgan fingerprint density at radius 2 is 1.57 bits per heavy atom. The van der Waals surface area contributed by atoms with E-state index in [1.807, 2.05) is 59.5 Å². The number of benzene rings is 3. The summed E-state index contributed by atoms with van der Waals surface area (Å²) in [5, 5.41) is 5.23. The molecule has 2 heterocycles. The van der Waals surface area contributed by atoms with E-state index in [4.69, 9.17) is 11.6 Å². The zero-order valence-corrected chi connectivity index (χ0v) is 17.0. The number of carbonyl (C=O) groups is 1. The second kappa shape index (κ2) is 7.76. The Labute approximate surface area is 179 Å². The lowest BCUT2D eigenvalue weighted by atomic mass is 10.00. The zero-order valence-electron chi connectivity index (χ0n) is 16.2. The molecular formula is C24H19ClN4O. The van der Waals surface area contributed by atoms with Crippen LogP contribution in [-0.2, 0) is 13.0 Å². The number of rotatable bonds is 3. The first kappa shape index (κ1) is 18.6. The van der Waals surface area contributed by atoms with Crippen LogP contribution in [0.25, 0.3) is 17.1 Å². The van der Waals surface area contributed by atoms with E-state index in [0.29, 0.717) is 23.9 Å². The van der Waals surface area contributed by atoms with Gasteiger partial charge in [-0.05, 0) is 41.8 Å². The highest BCUT2D eigenvalue weighted by Crippen LogP contribution is 2.24. The molecular weight excluding hydrogens is 396 g/mol. The molecule has 0 saturated heterocycles. The fourth-order valence-electron chi connectivity index (χ4n) is 3.75. The summed E-state index contributed by atoms with van der Waals surface area (Å²) < 4.78 is 1.71. The van der Waals surface area contributed by atoms with Gasteiger partial charge in [-0.1, -0.05) is 66.2 Å². The monoisotopic (exact) mass is 414 g/mol. The molecule has 1 aliphatic rings. The average Bonchev–Trinajstić information content (AvgIpc) is 3.25. The second-order valence-corrected chi connectivity index (χ2v) is 7.70. The van der Waals surface area contributed by atoms with Crippen LogP contribution in [0.1, 0.15) is 21.7 Å². The van der Waals surface area contributed by atoms with Crippen molar-refractivity contribution in [1.82, 2.24) is 19.7 Å². The SMILES string of the molecule is O=C(c1nc(-c2ccccc2)n(-c2ccc(Cl)cc2)n1)N1CCc2ccccc2C1. The summed E-state index contributed by atoms with van der Waals surface area (Å²) in [6.07, 6.45) is 0.839. The predicted molar refractivity (Wildman–Crippen MR) is 117 cm³/mol. The van der Waals surface area contributed by atoms with Gasteiger partial charge in [0.2, 0.25) is 5.82 Å². The Kier molecular flexibility index (Phi) is 4.81. The molecule has 1 amide bonds. The number of aromatic nitrogens is 3. The molecule has 3 aromatic carbocycles. The van der Waals surface area contributed by atoms with E-state index in [1.165, 1.54) is 11.1 Å². The summed E-state index contributed by atoms with van der Waals surface area (Å²) in [6.45, 7) is 1.23. The van der Waals surface area contributed by atoms with E-state index in [-0.39, 0.29) is 11.7 Å². The third kappa shape index (κ3) is 3.48. The van der Waals surface area contributed by atoms with Gasteiger partial charge in [0.15, 0.2) is 5.82 Å². The van der Waals surface area contributed by atoms with E-state index in [1.54, 1.807) is 16.8 Å². The second-order valence-electron chi connectivity index (χ2n) is 7.26. The highest BCUT2D eigenvalue weighted by atomic mass is 35.5. The fourth-order valence-corrected chi connectivity index (χ4v) is 3.88. The molecule has 0 atom stereocenters. The van der Waals surface area contributed by atoms with Crippen molar-refractivity contribution >= 4 is 17.5 Å². The fraction of sp³-hybridized carbons (Fsp3) is 0.125. The van der Waals surface area contributed by atoms with Gasteiger partial charge in [-0.25, -0.2) is 9.67 Å². The lowest BCUT2D eigenvalue weighted by Crippen LogP contribution is -2.36.